The minimum absolute atomic E-state index is 0.0713. The Balaban J connectivity index is 1.94. The van der Waals surface area contributed by atoms with E-state index in [0.717, 1.165) is 24.8 Å². The van der Waals surface area contributed by atoms with Crippen LogP contribution in [0.3, 0.4) is 0 Å². The number of fused-ring (bicyclic) bond motifs is 1. The average Bonchev–Trinajstić information content (AvgIpc) is 2.53. The SMILES string of the molecule is CCCN(CC(=O)O)CC(=O)NC(C)c1ccc2c(c1)CCCC2. The van der Waals surface area contributed by atoms with Gasteiger partial charge in [-0.3, -0.25) is 14.5 Å². The number of aryl methyl sites for hydroxylation is 2. The van der Waals surface area contributed by atoms with E-state index in [1.54, 1.807) is 4.90 Å². The van der Waals surface area contributed by atoms with Crippen molar-refractivity contribution in [3.05, 3.63) is 34.9 Å². The summed E-state index contributed by atoms with van der Waals surface area (Å²) in [7, 11) is 0. The molecule has 1 unspecified atom stereocenters. The van der Waals surface area contributed by atoms with Gasteiger partial charge in [0.25, 0.3) is 0 Å². The maximum atomic E-state index is 12.2. The number of nitrogens with one attached hydrogen (secondary N) is 1. The Labute approximate surface area is 144 Å². The molecule has 1 aliphatic rings. The van der Waals surface area contributed by atoms with Gasteiger partial charge < -0.3 is 10.4 Å². The summed E-state index contributed by atoms with van der Waals surface area (Å²) in [6.07, 6.45) is 5.58. The van der Waals surface area contributed by atoms with Gasteiger partial charge in [-0.15, -0.1) is 0 Å². The van der Waals surface area contributed by atoms with Crippen molar-refractivity contribution in [3.63, 3.8) is 0 Å². The highest BCUT2D eigenvalue weighted by Crippen LogP contribution is 2.24. The second-order valence-corrected chi connectivity index (χ2v) is 6.63. The van der Waals surface area contributed by atoms with E-state index in [1.165, 1.54) is 24.0 Å². The lowest BCUT2D eigenvalue weighted by atomic mass is 9.89. The monoisotopic (exact) mass is 332 g/mol. The Morgan fingerprint density at radius 3 is 2.58 bits per heavy atom. The van der Waals surface area contributed by atoms with Gasteiger partial charge in [-0.25, -0.2) is 0 Å². The minimum Gasteiger partial charge on any atom is -0.480 e. The number of carbonyl (C=O) groups excluding carboxylic acids is 1. The third kappa shape index (κ3) is 5.34. The summed E-state index contributed by atoms with van der Waals surface area (Å²) in [5.41, 5.74) is 3.95. The quantitative estimate of drug-likeness (QED) is 0.767. The fourth-order valence-corrected chi connectivity index (χ4v) is 3.32. The highest BCUT2D eigenvalue weighted by Gasteiger charge is 2.17. The Hall–Kier alpha value is -1.88. The largest absolute Gasteiger partial charge is 0.480 e. The predicted octanol–water partition coefficient (Wildman–Crippen LogP) is 2.54. The molecule has 0 bridgehead atoms. The topological polar surface area (TPSA) is 69.6 Å². The molecule has 0 saturated heterocycles. The molecule has 24 heavy (non-hydrogen) atoms. The first kappa shape index (κ1) is 18.5. The zero-order chi connectivity index (χ0) is 17.5. The van der Waals surface area contributed by atoms with Crippen molar-refractivity contribution in [1.82, 2.24) is 10.2 Å². The second-order valence-electron chi connectivity index (χ2n) is 6.63. The predicted molar refractivity (Wildman–Crippen MR) is 94.0 cm³/mol. The molecule has 0 aromatic heterocycles. The summed E-state index contributed by atoms with van der Waals surface area (Å²) in [5, 5.41) is 11.9. The van der Waals surface area contributed by atoms with Gasteiger partial charge in [0.05, 0.1) is 19.1 Å². The van der Waals surface area contributed by atoms with Gasteiger partial charge in [-0.05, 0) is 62.3 Å². The smallest absolute Gasteiger partial charge is 0.317 e. The number of hydrogen-bond donors (Lipinski definition) is 2. The number of hydrogen-bond acceptors (Lipinski definition) is 3. The molecule has 2 N–H and O–H groups in total. The van der Waals surface area contributed by atoms with Crippen molar-refractivity contribution in [1.29, 1.82) is 0 Å². The number of nitrogens with zero attached hydrogens (tertiary/aromatic N) is 1. The molecule has 132 valence electrons. The number of rotatable bonds is 8. The lowest BCUT2D eigenvalue weighted by molar-refractivity contribution is -0.138. The van der Waals surface area contributed by atoms with Gasteiger partial charge in [-0.1, -0.05) is 25.1 Å². The van der Waals surface area contributed by atoms with E-state index in [4.69, 9.17) is 5.11 Å². The van der Waals surface area contributed by atoms with Crippen LogP contribution in [-0.4, -0.2) is 41.5 Å². The summed E-state index contributed by atoms with van der Waals surface area (Å²) < 4.78 is 0. The number of carboxylic acids is 1. The number of aliphatic carboxylic acids is 1. The van der Waals surface area contributed by atoms with Gasteiger partial charge in [0.2, 0.25) is 5.91 Å². The van der Waals surface area contributed by atoms with E-state index in [1.807, 2.05) is 13.8 Å². The van der Waals surface area contributed by atoms with Crippen molar-refractivity contribution in [2.75, 3.05) is 19.6 Å². The summed E-state index contributed by atoms with van der Waals surface area (Å²) in [4.78, 5) is 24.8. The van der Waals surface area contributed by atoms with E-state index in [2.05, 4.69) is 23.5 Å². The van der Waals surface area contributed by atoms with E-state index in [-0.39, 0.29) is 25.0 Å². The molecule has 0 saturated carbocycles. The second kappa shape index (κ2) is 8.83. The van der Waals surface area contributed by atoms with Crippen molar-refractivity contribution in [2.45, 2.75) is 52.0 Å². The van der Waals surface area contributed by atoms with Crippen molar-refractivity contribution in [3.8, 4) is 0 Å². The van der Waals surface area contributed by atoms with Gasteiger partial charge in [0.1, 0.15) is 0 Å². The van der Waals surface area contributed by atoms with Crippen LogP contribution in [0.1, 0.15) is 55.8 Å². The molecule has 1 amide bonds. The molecule has 0 aliphatic heterocycles. The van der Waals surface area contributed by atoms with Crippen LogP contribution in [0.15, 0.2) is 18.2 Å². The lowest BCUT2D eigenvalue weighted by Crippen LogP contribution is -2.40. The zero-order valence-electron chi connectivity index (χ0n) is 14.7. The van der Waals surface area contributed by atoms with Gasteiger partial charge in [0, 0.05) is 0 Å². The van der Waals surface area contributed by atoms with Gasteiger partial charge in [-0.2, -0.15) is 0 Å². The summed E-state index contributed by atoms with van der Waals surface area (Å²) in [5.74, 6) is -1.03. The van der Waals surface area contributed by atoms with Crippen LogP contribution in [0, 0.1) is 0 Å². The normalized spacial score (nSPS) is 15.0. The molecule has 1 aromatic carbocycles. The lowest BCUT2D eigenvalue weighted by Gasteiger charge is -2.22. The first-order valence-electron chi connectivity index (χ1n) is 8.84. The molecule has 0 fully saturated rings. The molecule has 5 heteroatoms. The molecule has 1 aromatic rings. The zero-order valence-corrected chi connectivity index (χ0v) is 14.7. The summed E-state index contributed by atoms with van der Waals surface area (Å²) in [6.45, 7) is 4.57. The molecule has 2 rings (SSSR count). The first-order chi connectivity index (χ1) is 11.5. The van der Waals surface area contributed by atoms with Crippen LogP contribution in [0.25, 0.3) is 0 Å². The van der Waals surface area contributed by atoms with Crippen molar-refractivity contribution >= 4 is 11.9 Å². The van der Waals surface area contributed by atoms with Crippen LogP contribution in [0.4, 0.5) is 0 Å². The third-order valence-corrected chi connectivity index (χ3v) is 4.52. The van der Waals surface area contributed by atoms with Gasteiger partial charge >= 0.3 is 5.97 Å². The van der Waals surface area contributed by atoms with E-state index >= 15 is 0 Å². The Morgan fingerprint density at radius 1 is 1.21 bits per heavy atom. The fraction of sp³-hybridized carbons (Fsp3) is 0.579. The standard InChI is InChI=1S/C19H28N2O3/c1-3-10-21(13-19(23)24)12-18(22)20-14(2)16-9-8-15-6-4-5-7-17(15)11-16/h8-9,11,14H,3-7,10,12-13H2,1-2H3,(H,20,22)(H,23,24). The minimum atomic E-state index is -0.904. The Morgan fingerprint density at radius 2 is 1.92 bits per heavy atom. The van der Waals surface area contributed by atoms with E-state index in [9.17, 15) is 9.59 Å². The Bertz CT molecular complexity index is 586. The highest BCUT2D eigenvalue weighted by molar-refractivity contribution is 5.79. The summed E-state index contributed by atoms with van der Waals surface area (Å²) in [6, 6.07) is 6.41. The number of carboxylic acid groups (broad SMARTS) is 1. The molecule has 1 atom stereocenters. The molecule has 0 spiro atoms. The first-order valence-corrected chi connectivity index (χ1v) is 8.84. The fourth-order valence-electron chi connectivity index (χ4n) is 3.32. The highest BCUT2D eigenvalue weighted by atomic mass is 16.4. The van der Waals surface area contributed by atoms with Crippen LogP contribution in [0.5, 0.6) is 0 Å². The van der Waals surface area contributed by atoms with Crippen molar-refractivity contribution < 1.29 is 14.7 Å². The van der Waals surface area contributed by atoms with Crippen LogP contribution in [-0.2, 0) is 22.4 Å². The van der Waals surface area contributed by atoms with Crippen LogP contribution >= 0.6 is 0 Å². The Kier molecular flexibility index (Phi) is 6.79. The molecule has 0 radical (unpaired) electrons. The number of carbonyl (C=O) groups is 2. The number of benzene rings is 1. The molecule has 0 heterocycles. The van der Waals surface area contributed by atoms with Crippen LogP contribution in [0.2, 0.25) is 0 Å². The maximum Gasteiger partial charge on any atom is 0.317 e. The molecular weight excluding hydrogens is 304 g/mol. The van der Waals surface area contributed by atoms with Crippen molar-refractivity contribution in [2.24, 2.45) is 0 Å². The van der Waals surface area contributed by atoms with Crippen LogP contribution < -0.4 is 5.32 Å². The third-order valence-electron chi connectivity index (χ3n) is 4.52. The summed E-state index contributed by atoms with van der Waals surface area (Å²) >= 11 is 0. The molecular formula is C19H28N2O3. The van der Waals surface area contributed by atoms with E-state index in [0.29, 0.717) is 6.54 Å². The van der Waals surface area contributed by atoms with E-state index < -0.39 is 5.97 Å². The number of amides is 1. The average molecular weight is 332 g/mol. The van der Waals surface area contributed by atoms with Gasteiger partial charge in [0.15, 0.2) is 0 Å². The molecule has 5 nitrogen and oxygen atoms in total. The molecule has 1 aliphatic carbocycles. The maximum absolute atomic E-state index is 12.2.